The molecule has 0 aliphatic carbocycles. The predicted octanol–water partition coefficient (Wildman–Crippen LogP) is 1.50. The fraction of sp³-hybridized carbons (Fsp3) is 0.435. The van der Waals surface area contributed by atoms with Crippen LogP contribution in [0.5, 0.6) is 11.5 Å². The Kier molecular flexibility index (Phi) is 7.25. The van der Waals surface area contributed by atoms with E-state index in [1.54, 1.807) is 30.3 Å². The van der Waals surface area contributed by atoms with E-state index >= 15 is 0 Å². The van der Waals surface area contributed by atoms with Gasteiger partial charge in [0.2, 0.25) is 20.0 Å². The van der Waals surface area contributed by atoms with Crippen molar-refractivity contribution in [3.63, 3.8) is 0 Å². The van der Waals surface area contributed by atoms with E-state index in [-0.39, 0.29) is 24.6 Å². The molecular weight excluding hydrogens is 494 g/mol. The molecule has 1 fully saturated rings. The van der Waals surface area contributed by atoms with E-state index in [4.69, 9.17) is 9.47 Å². The largest absolute Gasteiger partial charge is 0.492 e. The van der Waals surface area contributed by atoms with Crippen LogP contribution >= 0.6 is 0 Å². The van der Waals surface area contributed by atoms with Crippen LogP contribution < -0.4 is 19.1 Å². The van der Waals surface area contributed by atoms with E-state index in [0.29, 0.717) is 30.3 Å². The highest BCUT2D eigenvalue weighted by atomic mass is 32.2. The van der Waals surface area contributed by atoms with E-state index in [9.17, 15) is 21.6 Å². The molecule has 2 heterocycles. The summed E-state index contributed by atoms with van der Waals surface area (Å²) < 4.78 is 63.8. The zero-order valence-corrected chi connectivity index (χ0v) is 21.3. The Hall–Kier alpha value is -2.83. The number of fused-ring (bicyclic) bond motifs is 1. The van der Waals surface area contributed by atoms with Crippen LogP contribution in [0, 0.1) is 6.92 Å². The van der Waals surface area contributed by atoms with Crippen LogP contribution in [0.3, 0.4) is 0 Å². The molecule has 190 valence electrons. The number of rotatable bonds is 8. The van der Waals surface area contributed by atoms with Gasteiger partial charge in [0.15, 0.2) is 6.10 Å². The molecule has 1 amide bonds. The maximum Gasteiger partial charge on any atom is 0.263 e. The van der Waals surface area contributed by atoms with Gasteiger partial charge < -0.3 is 14.8 Å². The van der Waals surface area contributed by atoms with Crippen molar-refractivity contribution in [3.8, 4) is 11.5 Å². The molecule has 1 saturated heterocycles. The van der Waals surface area contributed by atoms with Crippen LogP contribution in [0.4, 0.5) is 5.69 Å². The molecule has 0 saturated carbocycles. The lowest BCUT2D eigenvalue weighted by Gasteiger charge is -2.34. The number of nitrogens with one attached hydrogen (secondary N) is 1. The topological polar surface area (TPSA) is 122 Å². The molecular formula is C23H29N3O7S2. The number of carbonyl (C=O) groups excluding carboxylic acids is 1. The highest BCUT2D eigenvalue weighted by Crippen LogP contribution is 2.35. The summed E-state index contributed by atoms with van der Waals surface area (Å²) in [5.41, 5.74) is 1.29. The quantitative estimate of drug-likeness (QED) is 0.521. The molecule has 1 N–H and O–H groups in total. The molecule has 2 aromatic carbocycles. The van der Waals surface area contributed by atoms with Crippen molar-refractivity contribution < 1.29 is 31.1 Å². The van der Waals surface area contributed by atoms with Crippen molar-refractivity contribution in [1.82, 2.24) is 9.62 Å². The third kappa shape index (κ3) is 5.71. The summed E-state index contributed by atoms with van der Waals surface area (Å²) >= 11 is 0. The highest BCUT2D eigenvalue weighted by Gasteiger charge is 2.35. The fourth-order valence-electron chi connectivity index (χ4n) is 4.05. The summed E-state index contributed by atoms with van der Waals surface area (Å²) in [6.45, 7) is 3.10. The second kappa shape index (κ2) is 10.0. The number of sulfonamides is 2. The van der Waals surface area contributed by atoms with Gasteiger partial charge in [-0.3, -0.25) is 9.10 Å². The van der Waals surface area contributed by atoms with E-state index in [1.165, 1.54) is 20.7 Å². The van der Waals surface area contributed by atoms with Crippen LogP contribution in [-0.4, -0.2) is 72.2 Å². The van der Waals surface area contributed by atoms with Crippen LogP contribution in [0.25, 0.3) is 0 Å². The SMILES string of the molecule is Cc1ccc2c(c1)N(S(C)(=O)=O)C[C@@H](C(=O)NCCOc1ccc(S(=O)(=O)N3CCCC3)cc1)O2. The lowest BCUT2D eigenvalue weighted by Crippen LogP contribution is -2.51. The van der Waals surface area contributed by atoms with Gasteiger partial charge in [-0.05, 0) is 61.7 Å². The third-order valence-electron chi connectivity index (χ3n) is 5.87. The first-order valence-electron chi connectivity index (χ1n) is 11.3. The minimum atomic E-state index is -3.60. The maximum atomic E-state index is 12.7. The van der Waals surface area contributed by atoms with Crippen molar-refractivity contribution in [3.05, 3.63) is 48.0 Å². The van der Waals surface area contributed by atoms with Crippen molar-refractivity contribution in [1.29, 1.82) is 0 Å². The van der Waals surface area contributed by atoms with E-state index < -0.39 is 32.1 Å². The fourth-order valence-corrected chi connectivity index (χ4v) is 6.48. The Balaban J connectivity index is 1.30. The van der Waals surface area contributed by atoms with Crippen LogP contribution in [-0.2, 0) is 24.8 Å². The van der Waals surface area contributed by atoms with Crippen molar-refractivity contribution >= 4 is 31.6 Å². The summed E-state index contributed by atoms with van der Waals surface area (Å²) in [4.78, 5) is 12.9. The number of hydrogen-bond acceptors (Lipinski definition) is 7. The second-order valence-corrected chi connectivity index (χ2v) is 12.4. The third-order valence-corrected chi connectivity index (χ3v) is 8.93. The van der Waals surface area contributed by atoms with Gasteiger partial charge in [0.25, 0.3) is 5.91 Å². The molecule has 0 bridgehead atoms. The summed E-state index contributed by atoms with van der Waals surface area (Å²) in [5, 5.41) is 2.70. The van der Waals surface area contributed by atoms with Gasteiger partial charge >= 0.3 is 0 Å². The van der Waals surface area contributed by atoms with Gasteiger partial charge in [0.1, 0.15) is 18.1 Å². The number of amides is 1. The first kappa shape index (κ1) is 25.3. The molecule has 12 heteroatoms. The molecule has 0 unspecified atom stereocenters. The number of anilines is 1. The van der Waals surface area contributed by atoms with E-state index in [1.807, 2.05) is 6.92 Å². The van der Waals surface area contributed by atoms with E-state index in [0.717, 1.165) is 24.7 Å². The minimum absolute atomic E-state index is 0.130. The van der Waals surface area contributed by atoms with Gasteiger partial charge in [-0.1, -0.05) is 6.07 Å². The average Bonchev–Trinajstić information content (AvgIpc) is 3.37. The van der Waals surface area contributed by atoms with Gasteiger partial charge in [-0.25, -0.2) is 16.8 Å². The monoisotopic (exact) mass is 523 g/mol. The number of ether oxygens (including phenoxy) is 2. The molecule has 0 spiro atoms. The van der Waals surface area contributed by atoms with Gasteiger partial charge in [-0.2, -0.15) is 4.31 Å². The highest BCUT2D eigenvalue weighted by molar-refractivity contribution is 7.92. The Morgan fingerprint density at radius 2 is 1.77 bits per heavy atom. The second-order valence-electron chi connectivity index (χ2n) is 8.59. The molecule has 2 aliphatic rings. The minimum Gasteiger partial charge on any atom is -0.492 e. The van der Waals surface area contributed by atoms with Gasteiger partial charge in [0, 0.05) is 13.1 Å². The predicted molar refractivity (Wildman–Crippen MR) is 131 cm³/mol. The summed E-state index contributed by atoms with van der Waals surface area (Å²) in [6, 6.07) is 11.3. The number of aryl methyl sites for hydroxylation is 1. The lowest BCUT2D eigenvalue weighted by molar-refractivity contribution is -0.127. The Morgan fingerprint density at radius 1 is 1.09 bits per heavy atom. The molecule has 10 nitrogen and oxygen atoms in total. The molecule has 2 aromatic rings. The molecule has 0 aromatic heterocycles. The first-order chi connectivity index (χ1) is 16.6. The molecule has 2 aliphatic heterocycles. The van der Waals surface area contributed by atoms with Crippen molar-refractivity contribution in [2.45, 2.75) is 30.8 Å². The number of carbonyl (C=O) groups is 1. The van der Waals surface area contributed by atoms with E-state index in [2.05, 4.69) is 5.32 Å². The van der Waals surface area contributed by atoms with Gasteiger partial charge in [-0.15, -0.1) is 0 Å². The average molecular weight is 524 g/mol. The normalized spacial score (nSPS) is 18.6. The summed E-state index contributed by atoms with van der Waals surface area (Å²) in [6.07, 6.45) is 1.83. The first-order valence-corrected chi connectivity index (χ1v) is 14.6. The zero-order chi connectivity index (χ0) is 25.2. The summed E-state index contributed by atoms with van der Waals surface area (Å²) in [7, 11) is -7.08. The maximum absolute atomic E-state index is 12.7. The van der Waals surface area contributed by atoms with Crippen LogP contribution in [0.1, 0.15) is 18.4 Å². The Morgan fingerprint density at radius 3 is 2.43 bits per heavy atom. The smallest absolute Gasteiger partial charge is 0.263 e. The van der Waals surface area contributed by atoms with Gasteiger partial charge in [0.05, 0.1) is 29.9 Å². The standard InChI is InChI=1S/C23H29N3O7S2/c1-17-5-10-21-20(15-17)26(34(2,28)29)16-22(33-21)23(27)24-11-14-32-18-6-8-19(9-7-18)35(30,31)25-12-3-4-13-25/h5-10,15,22H,3-4,11-14,16H2,1-2H3,(H,24,27)/t22-/m0/s1. The molecule has 1 atom stereocenters. The molecule has 35 heavy (non-hydrogen) atoms. The lowest BCUT2D eigenvalue weighted by atomic mass is 10.1. The van der Waals surface area contributed by atoms with Crippen molar-refractivity contribution in [2.24, 2.45) is 0 Å². The van der Waals surface area contributed by atoms with Crippen molar-refractivity contribution in [2.75, 3.05) is 43.3 Å². The molecule has 4 rings (SSSR count). The summed E-state index contributed by atoms with van der Waals surface area (Å²) in [5.74, 6) is 0.342. The number of benzene rings is 2. The number of nitrogens with zero attached hydrogens (tertiary/aromatic N) is 2. The van der Waals surface area contributed by atoms with Crippen LogP contribution in [0.15, 0.2) is 47.4 Å². The molecule has 0 radical (unpaired) electrons. The zero-order valence-electron chi connectivity index (χ0n) is 19.6. The number of hydrogen-bond donors (Lipinski definition) is 1. The van der Waals surface area contributed by atoms with Crippen LogP contribution in [0.2, 0.25) is 0 Å². The Bertz CT molecular complexity index is 1290. The Labute approximate surface area is 205 Å².